The number of ketones is 2. The quantitative estimate of drug-likeness (QED) is 0.130. The third kappa shape index (κ3) is 16.2. The van der Waals surface area contributed by atoms with Crippen molar-refractivity contribution in [3.8, 4) is 0 Å². The standard InChI is InChI=1S/C20H39IN3O9P3/c1-18(25)3-12-34(28,29)15-22-6-7-23(16-35(30,31)13-4-19(2)26)9-11-24(10-8-22)17-36(32,33)14-5-20(21)27/h3-17H2,1-2H3,(H,28,29)(H,30,31)(H,32,33). The van der Waals surface area contributed by atoms with E-state index in [4.69, 9.17) is 0 Å². The number of nitrogens with zero attached hydrogens (tertiary/aromatic N) is 3. The lowest BCUT2D eigenvalue weighted by Gasteiger charge is -2.28. The zero-order valence-electron chi connectivity index (χ0n) is 21.0. The molecule has 0 saturated carbocycles. The number of hydrogen-bond donors (Lipinski definition) is 3. The van der Waals surface area contributed by atoms with E-state index in [2.05, 4.69) is 0 Å². The van der Waals surface area contributed by atoms with Gasteiger partial charge in [0.25, 0.3) is 0 Å². The van der Waals surface area contributed by atoms with Crippen molar-refractivity contribution < 1.29 is 42.8 Å². The molecule has 0 aliphatic carbocycles. The fourth-order valence-corrected chi connectivity index (χ4v) is 9.41. The molecular weight excluding hydrogens is 646 g/mol. The molecule has 3 atom stereocenters. The highest BCUT2D eigenvalue weighted by atomic mass is 127. The van der Waals surface area contributed by atoms with Crippen LogP contribution in [0.4, 0.5) is 0 Å². The predicted octanol–water partition coefficient (Wildman–Crippen LogP) is 1.90. The van der Waals surface area contributed by atoms with Crippen LogP contribution in [0.5, 0.6) is 0 Å². The maximum Gasteiger partial charge on any atom is 0.214 e. The Morgan fingerprint density at radius 3 is 1.08 bits per heavy atom. The van der Waals surface area contributed by atoms with Gasteiger partial charge in [-0.05, 0) is 36.4 Å². The summed E-state index contributed by atoms with van der Waals surface area (Å²) in [4.78, 5) is 70.2. The highest BCUT2D eigenvalue weighted by molar-refractivity contribution is 14.1. The normalized spacial score (nSPS) is 21.8. The van der Waals surface area contributed by atoms with Crippen LogP contribution in [0.25, 0.3) is 0 Å². The van der Waals surface area contributed by atoms with Crippen molar-refractivity contribution in [2.24, 2.45) is 0 Å². The smallest absolute Gasteiger partial charge is 0.214 e. The fraction of sp³-hybridized carbons (Fsp3) is 0.850. The molecule has 0 spiro atoms. The topological polar surface area (TPSA) is 173 Å². The number of rotatable bonds is 15. The van der Waals surface area contributed by atoms with E-state index in [9.17, 15) is 42.8 Å². The zero-order valence-corrected chi connectivity index (χ0v) is 25.8. The summed E-state index contributed by atoms with van der Waals surface area (Å²) >= 11 is 1.58. The molecule has 1 aliphatic heterocycles. The van der Waals surface area contributed by atoms with Gasteiger partial charge in [0.05, 0.1) is 18.9 Å². The minimum absolute atomic E-state index is 0.00701. The van der Waals surface area contributed by atoms with Crippen molar-refractivity contribution in [3.63, 3.8) is 0 Å². The minimum Gasteiger partial charge on any atom is -0.343 e. The molecule has 0 aromatic rings. The van der Waals surface area contributed by atoms with Crippen LogP contribution in [0.3, 0.4) is 0 Å². The van der Waals surface area contributed by atoms with E-state index in [1.54, 1.807) is 37.3 Å². The summed E-state index contributed by atoms with van der Waals surface area (Å²) in [6.07, 6.45) is -0.952. The lowest BCUT2D eigenvalue weighted by molar-refractivity contribution is -0.117. The van der Waals surface area contributed by atoms with Gasteiger partial charge in [0.2, 0.25) is 22.1 Å². The Kier molecular flexibility index (Phi) is 14.9. The average Bonchev–Trinajstić information content (AvgIpc) is 2.81. The molecule has 0 aromatic heterocycles. The molecule has 1 saturated heterocycles. The number of carbonyl (C=O) groups excluding carboxylic acids is 3. The molecule has 210 valence electrons. The Balaban J connectivity index is 3.00. The highest BCUT2D eigenvalue weighted by Gasteiger charge is 2.29. The SMILES string of the molecule is CC(=O)CCP(=O)(O)CN1CCN(CP(=O)(O)CCC(C)=O)CCN(CP(=O)(O)CCC(=O)I)CC1. The maximum absolute atomic E-state index is 12.7. The Morgan fingerprint density at radius 2 is 0.861 bits per heavy atom. The van der Waals surface area contributed by atoms with Gasteiger partial charge in [0, 0.05) is 77.0 Å². The summed E-state index contributed by atoms with van der Waals surface area (Å²) in [5.74, 6) is -0.363. The van der Waals surface area contributed by atoms with Crippen LogP contribution in [0.1, 0.15) is 33.1 Å². The van der Waals surface area contributed by atoms with Crippen LogP contribution in [-0.2, 0) is 28.1 Å². The summed E-state index contributed by atoms with van der Waals surface area (Å²) in [5.41, 5.74) is 0. The molecular formula is C20H39IN3O9P3. The Morgan fingerprint density at radius 1 is 0.611 bits per heavy atom. The van der Waals surface area contributed by atoms with Gasteiger partial charge in [-0.3, -0.25) is 33.2 Å². The molecule has 1 fully saturated rings. The van der Waals surface area contributed by atoms with E-state index < -0.39 is 22.1 Å². The summed E-state index contributed by atoms with van der Waals surface area (Å²) < 4.78 is 37.9. The second kappa shape index (κ2) is 15.7. The third-order valence-electron chi connectivity index (χ3n) is 5.74. The molecule has 0 bridgehead atoms. The van der Waals surface area contributed by atoms with Crippen molar-refractivity contribution in [1.82, 2.24) is 14.7 Å². The van der Waals surface area contributed by atoms with Crippen LogP contribution in [0.15, 0.2) is 0 Å². The van der Waals surface area contributed by atoms with Gasteiger partial charge in [-0.2, -0.15) is 0 Å². The number of Topliss-reactive ketones (excluding diaryl/α,β-unsaturated/α-hetero) is 2. The van der Waals surface area contributed by atoms with Gasteiger partial charge in [-0.25, -0.2) is 0 Å². The molecule has 1 heterocycles. The Labute approximate surface area is 226 Å². The van der Waals surface area contributed by atoms with E-state index >= 15 is 0 Å². The molecule has 36 heavy (non-hydrogen) atoms. The van der Waals surface area contributed by atoms with Crippen LogP contribution in [-0.4, -0.2) is 121 Å². The van der Waals surface area contributed by atoms with Crippen LogP contribution < -0.4 is 0 Å². The molecule has 1 aliphatic rings. The van der Waals surface area contributed by atoms with Gasteiger partial charge in [0.1, 0.15) is 11.6 Å². The molecule has 0 radical (unpaired) electrons. The first-order valence-electron chi connectivity index (χ1n) is 11.8. The maximum atomic E-state index is 12.7. The van der Waals surface area contributed by atoms with Gasteiger partial charge < -0.3 is 24.3 Å². The van der Waals surface area contributed by atoms with E-state index in [1.807, 2.05) is 0 Å². The fourth-order valence-electron chi connectivity index (χ4n) is 3.68. The summed E-state index contributed by atoms with van der Waals surface area (Å²) in [5, 5.41) is 0. The van der Waals surface area contributed by atoms with Crippen molar-refractivity contribution in [2.75, 3.05) is 76.6 Å². The molecule has 3 unspecified atom stereocenters. The predicted molar refractivity (Wildman–Crippen MR) is 148 cm³/mol. The first-order valence-corrected chi connectivity index (χ1v) is 18.9. The van der Waals surface area contributed by atoms with Crippen LogP contribution in [0.2, 0.25) is 0 Å². The lowest BCUT2D eigenvalue weighted by atomic mass is 10.4. The summed E-state index contributed by atoms with van der Waals surface area (Å²) in [6, 6.07) is 0. The molecule has 1 rings (SSSR count). The Hall–Kier alpha value is 0.190. The molecule has 0 amide bonds. The van der Waals surface area contributed by atoms with Gasteiger partial charge in [-0.1, -0.05) is 0 Å². The van der Waals surface area contributed by atoms with E-state index in [1.165, 1.54) is 13.8 Å². The van der Waals surface area contributed by atoms with Gasteiger partial charge in [-0.15, -0.1) is 0 Å². The molecule has 16 heteroatoms. The number of halogens is 1. The molecule has 12 nitrogen and oxygen atoms in total. The Bertz CT molecular complexity index is 794. The second-order valence-electron chi connectivity index (χ2n) is 9.50. The van der Waals surface area contributed by atoms with Crippen molar-refractivity contribution in [2.45, 2.75) is 33.1 Å². The van der Waals surface area contributed by atoms with Crippen LogP contribution >= 0.6 is 44.7 Å². The first kappa shape index (κ1) is 34.2. The largest absolute Gasteiger partial charge is 0.343 e. The average molecular weight is 685 g/mol. The van der Waals surface area contributed by atoms with Gasteiger partial charge in [0.15, 0.2) is 3.79 Å². The summed E-state index contributed by atoms with van der Waals surface area (Å²) in [7, 11) is -10.9. The van der Waals surface area contributed by atoms with Crippen molar-refractivity contribution in [1.29, 1.82) is 0 Å². The van der Waals surface area contributed by atoms with Crippen molar-refractivity contribution in [3.05, 3.63) is 0 Å². The van der Waals surface area contributed by atoms with E-state index in [0.717, 1.165) is 0 Å². The minimum atomic E-state index is -3.65. The number of hydrogen-bond acceptors (Lipinski definition) is 9. The number of carbonyl (C=O) groups is 3. The lowest BCUT2D eigenvalue weighted by Crippen LogP contribution is -2.37. The van der Waals surface area contributed by atoms with E-state index in [0.29, 0.717) is 39.3 Å². The zero-order chi connectivity index (χ0) is 27.6. The van der Waals surface area contributed by atoms with E-state index in [-0.39, 0.29) is 72.0 Å². The molecule has 0 aromatic carbocycles. The second-order valence-corrected chi connectivity index (χ2v) is 18.0. The third-order valence-corrected chi connectivity index (χ3v) is 11.6. The monoisotopic (exact) mass is 685 g/mol. The van der Waals surface area contributed by atoms with Crippen molar-refractivity contribution >= 4 is 60.1 Å². The highest BCUT2D eigenvalue weighted by Crippen LogP contribution is 2.44. The van der Waals surface area contributed by atoms with Gasteiger partial charge >= 0.3 is 0 Å². The van der Waals surface area contributed by atoms with Crippen LogP contribution in [0, 0.1) is 0 Å². The molecule has 3 N–H and O–H groups in total. The summed E-state index contributed by atoms with van der Waals surface area (Å²) in [6.45, 7) is 4.66. The first-order chi connectivity index (χ1) is 16.5.